The number of unbranched alkanes of at least 4 members (excludes halogenated alkanes) is 1. The molecule has 2 saturated carbocycles. The topological polar surface area (TPSA) is 40.5 Å². The average Bonchev–Trinajstić information content (AvgIpc) is 2.37. The van der Waals surface area contributed by atoms with Crippen LogP contribution in [0.2, 0.25) is 0 Å². The van der Waals surface area contributed by atoms with Crippen molar-refractivity contribution in [1.29, 1.82) is 0 Å². The Labute approximate surface area is 112 Å². The van der Waals surface area contributed by atoms with Gasteiger partial charge in [0.15, 0.2) is 0 Å². The van der Waals surface area contributed by atoms with Crippen LogP contribution in [0.1, 0.15) is 89.9 Å². The van der Waals surface area contributed by atoms with Gasteiger partial charge in [0.25, 0.3) is 0 Å². The molecule has 2 N–H and O–H groups in total. The maximum Gasteiger partial charge on any atom is 0.0647 e. The highest BCUT2D eigenvalue weighted by molar-refractivity contribution is 4.84. The number of hydrogen-bond acceptors (Lipinski definition) is 2. The fraction of sp³-hybridized carbons (Fsp3) is 1.00. The second-order valence-corrected chi connectivity index (χ2v) is 6.78. The Balaban J connectivity index is 1.63. The Morgan fingerprint density at radius 2 is 0.889 bits per heavy atom. The highest BCUT2D eigenvalue weighted by Crippen LogP contribution is 2.35. The van der Waals surface area contributed by atoms with E-state index in [1.807, 2.05) is 0 Å². The molecule has 0 aromatic rings. The van der Waals surface area contributed by atoms with Gasteiger partial charge < -0.3 is 10.2 Å². The third-order valence-electron chi connectivity index (χ3n) is 5.10. The largest absolute Gasteiger partial charge is 0.390 e. The van der Waals surface area contributed by atoms with E-state index >= 15 is 0 Å². The van der Waals surface area contributed by atoms with Crippen molar-refractivity contribution < 1.29 is 10.2 Å². The van der Waals surface area contributed by atoms with Gasteiger partial charge in [0.1, 0.15) is 0 Å². The van der Waals surface area contributed by atoms with Crippen molar-refractivity contribution in [3.63, 3.8) is 0 Å². The van der Waals surface area contributed by atoms with Gasteiger partial charge in [-0.25, -0.2) is 0 Å². The van der Waals surface area contributed by atoms with Crippen molar-refractivity contribution in [1.82, 2.24) is 0 Å². The van der Waals surface area contributed by atoms with Crippen LogP contribution in [-0.2, 0) is 0 Å². The van der Waals surface area contributed by atoms with E-state index in [9.17, 15) is 10.2 Å². The van der Waals surface area contributed by atoms with Gasteiger partial charge in [-0.3, -0.25) is 0 Å². The zero-order chi connectivity index (χ0) is 12.9. The third kappa shape index (κ3) is 4.24. The first kappa shape index (κ1) is 14.3. The molecule has 0 saturated heterocycles. The molecule has 0 bridgehead atoms. The summed E-state index contributed by atoms with van der Waals surface area (Å²) in [5, 5.41) is 20.8. The molecule has 0 amide bonds. The third-order valence-corrected chi connectivity index (χ3v) is 5.10. The average molecular weight is 254 g/mol. The van der Waals surface area contributed by atoms with E-state index in [0.717, 1.165) is 51.4 Å². The van der Waals surface area contributed by atoms with Gasteiger partial charge in [-0.2, -0.15) is 0 Å². The molecule has 2 aliphatic carbocycles. The van der Waals surface area contributed by atoms with E-state index in [4.69, 9.17) is 0 Å². The smallest absolute Gasteiger partial charge is 0.0647 e. The van der Waals surface area contributed by atoms with Gasteiger partial charge in [-0.1, -0.05) is 51.4 Å². The van der Waals surface area contributed by atoms with E-state index < -0.39 is 0 Å². The summed E-state index contributed by atoms with van der Waals surface area (Å²) in [4.78, 5) is 0. The minimum Gasteiger partial charge on any atom is -0.390 e. The van der Waals surface area contributed by atoms with Crippen molar-refractivity contribution in [3.05, 3.63) is 0 Å². The summed E-state index contributed by atoms with van der Waals surface area (Å²) in [6.07, 6.45) is 15.4. The highest BCUT2D eigenvalue weighted by Gasteiger charge is 2.30. The maximum atomic E-state index is 10.4. The fourth-order valence-corrected chi connectivity index (χ4v) is 3.83. The lowest BCUT2D eigenvalue weighted by molar-refractivity contribution is -0.0186. The predicted octanol–water partition coefficient (Wildman–Crippen LogP) is 3.94. The van der Waals surface area contributed by atoms with Crippen molar-refractivity contribution in [3.8, 4) is 0 Å². The summed E-state index contributed by atoms with van der Waals surface area (Å²) in [6, 6.07) is 0. The second-order valence-electron chi connectivity index (χ2n) is 6.78. The van der Waals surface area contributed by atoms with Crippen molar-refractivity contribution >= 4 is 0 Å². The van der Waals surface area contributed by atoms with Crippen molar-refractivity contribution in [2.75, 3.05) is 0 Å². The standard InChI is InChI=1S/C16H30O2/c17-15(9-3-1-4-10-15)13-7-8-14-16(18)11-5-2-6-12-16/h17-18H,1-14H2. The van der Waals surface area contributed by atoms with E-state index in [1.54, 1.807) is 0 Å². The molecule has 2 rings (SSSR count). The molecule has 2 heteroatoms. The lowest BCUT2D eigenvalue weighted by Gasteiger charge is -2.34. The van der Waals surface area contributed by atoms with Gasteiger partial charge in [0.2, 0.25) is 0 Å². The Morgan fingerprint density at radius 3 is 1.22 bits per heavy atom. The molecule has 0 unspecified atom stereocenters. The van der Waals surface area contributed by atoms with Gasteiger partial charge in [-0.15, -0.1) is 0 Å². The minimum atomic E-state index is -0.368. The molecule has 18 heavy (non-hydrogen) atoms. The minimum absolute atomic E-state index is 0.368. The van der Waals surface area contributed by atoms with Crippen LogP contribution in [0.25, 0.3) is 0 Å². The molecule has 0 spiro atoms. The summed E-state index contributed by atoms with van der Waals surface area (Å²) in [7, 11) is 0. The van der Waals surface area contributed by atoms with E-state index in [2.05, 4.69) is 0 Å². The van der Waals surface area contributed by atoms with Crippen LogP contribution >= 0.6 is 0 Å². The fourth-order valence-electron chi connectivity index (χ4n) is 3.83. The second kappa shape index (κ2) is 6.38. The van der Waals surface area contributed by atoms with Gasteiger partial charge in [-0.05, 0) is 38.5 Å². The zero-order valence-corrected chi connectivity index (χ0v) is 11.8. The maximum absolute atomic E-state index is 10.4. The molecule has 2 nitrogen and oxygen atoms in total. The Morgan fingerprint density at radius 1 is 0.556 bits per heavy atom. The first-order chi connectivity index (χ1) is 8.62. The molecule has 106 valence electrons. The Kier molecular flexibility index (Phi) is 5.08. The SMILES string of the molecule is OC1(CCCCC2(O)CCCCC2)CCCCC1. The molecule has 0 aromatic carbocycles. The van der Waals surface area contributed by atoms with Crippen LogP contribution in [0.15, 0.2) is 0 Å². The van der Waals surface area contributed by atoms with E-state index in [1.165, 1.54) is 38.5 Å². The molecule has 0 aliphatic heterocycles. The van der Waals surface area contributed by atoms with Crippen LogP contribution in [0.4, 0.5) is 0 Å². The summed E-state index contributed by atoms with van der Waals surface area (Å²) in [6.45, 7) is 0. The Hall–Kier alpha value is -0.0800. The van der Waals surface area contributed by atoms with Crippen LogP contribution in [0.5, 0.6) is 0 Å². The molecular formula is C16H30O2. The van der Waals surface area contributed by atoms with Gasteiger partial charge in [0, 0.05) is 0 Å². The summed E-state index contributed by atoms with van der Waals surface area (Å²) >= 11 is 0. The molecule has 0 atom stereocenters. The highest BCUT2D eigenvalue weighted by atomic mass is 16.3. The lowest BCUT2D eigenvalue weighted by atomic mass is 9.79. The summed E-state index contributed by atoms with van der Waals surface area (Å²) in [5.74, 6) is 0. The lowest BCUT2D eigenvalue weighted by Crippen LogP contribution is -2.32. The van der Waals surface area contributed by atoms with Crippen LogP contribution in [0, 0.1) is 0 Å². The first-order valence-electron chi connectivity index (χ1n) is 8.07. The molecular weight excluding hydrogens is 224 g/mol. The monoisotopic (exact) mass is 254 g/mol. The number of rotatable bonds is 5. The van der Waals surface area contributed by atoms with Gasteiger partial charge in [0.05, 0.1) is 11.2 Å². The van der Waals surface area contributed by atoms with Crippen LogP contribution in [-0.4, -0.2) is 21.4 Å². The van der Waals surface area contributed by atoms with Crippen molar-refractivity contribution in [2.45, 2.75) is 101 Å². The first-order valence-corrected chi connectivity index (χ1v) is 8.07. The van der Waals surface area contributed by atoms with Crippen molar-refractivity contribution in [2.24, 2.45) is 0 Å². The van der Waals surface area contributed by atoms with Crippen LogP contribution < -0.4 is 0 Å². The predicted molar refractivity (Wildman–Crippen MR) is 74.5 cm³/mol. The Bertz CT molecular complexity index is 211. The number of hydrogen-bond donors (Lipinski definition) is 2. The molecule has 0 heterocycles. The molecule has 2 fully saturated rings. The quantitative estimate of drug-likeness (QED) is 0.730. The van der Waals surface area contributed by atoms with Gasteiger partial charge >= 0.3 is 0 Å². The zero-order valence-electron chi connectivity index (χ0n) is 11.8. The molecule has 0 aromatic heterocycles. The van der Waals surface area contributed by atoms with E-state index in [-0.39, 0.29) is 11.2 Å². The molecule has 0 radical (unpaired) electrons. The summed E-state index contributed by atoms with van der Waals surface area (Å²) < 4.78 is 0. The normalized spacial score (nSPS) is 27.0. The summed E-state index contributed by atoms with van der Waals surface area (Å²) in [5.41, 5.74) is -0.735. The van der Waals surface area contributed by atoms with Crippen LogP contribution in [0.3, 0.4) is 0 Å². The molecule has 2 aliphatic rings. The van der Waals surface area contributed by atoms with E-state index in [0.29, 0.717) is 0 Å². The number of aliphatic hydroxyl groups is 2.